The van der Waals surface area contributed by atoms with Crippen molar-refractivity contribution >= 4 is 27.6 Å². The van der Waals surface area contributed by atoms with Crippen LogP contribution < -0.4 is 4.18 Å². The van der Waals surface area contributed by atoms with E-state index in [4.69, 9.17) is 4.18 Å². The Kier molecular flexibility index (Phi) is 4.43. The Morgan fingerprint density at radius 1 is 1.00 bits per heavy atom. The van der Waals surface area contributed by atoms with Crippen molar-refractivity contribution in [2.45, 2.75) is 0 Å². The molecule has 0 saturated carbocycles. The molecule has 0 bridgehead atoms. The molecule has 0 saturated heterocycles. The van der Waals surface area contributed by atoms with E-state index < -0.39 is 39.2 Å². The molecule has 0 aliphatic carbocycles. The number of nitro benzene ring substituents is 1. The van der Waals surface area contributed by atoms with Gasteiger partial charge in [-0.1, -0.05) is 18.2 Å². The summed E-state index contributed by atoms with van der Waals surface area (Å²) in [5.41, 5.74) is -0.445. The predicted octanol–water partition coefficient (Wildman–Crippen LogP) is 1.60. The first-order valence-electron chi connectivity index (χ1n) is 7.40. The van der Waals surface area contributed by atoms with E-state index >= 15 is 0 Å². The van der Waals surface area contributed by atoms with Crippen LogP contribution in [-0.4, -0.2) is 42.4 Å². The summed E-state index contributed by atoms with van der Waals surface area (Å²) in [5.74, 6) is -1.96. The maximum Gasteiger partial charge on any atom is 0.310 e. The second kappa shape index (κ2) is 6.56. The summed E-state index contributed by atoms with van der Waals surface area (Å²) >= 11 is 0. The van der Waals surface area contributed by atoms with E-state index in [0.29, 0.717) is 0 Å². The van der Waals surface area contributed by atoms with Crippen LogP contribution in [0.3, 0.4) is 0 Å². The molecule has 0 spiro atoms. The number of hydrogen-bond donors (Lipinski definition) is 0. The van der Waals surface area contributed by atoms with Crippen LogP contribution in [0.2, 0.25) is 0 Å². The Morgan fingerprint density at radius 3 is 2.31 bits per heavy atom. The van der Waals surface area contributed by atoms with Gasteiger partial charge in [-0.3, -0.25) is 24.6 Å². The Morgan fingerprint density at radius 2 is 1.65 bits per heavy atom. The number of hydrogen-bond acceptors (Lipinski definition) is 7. The summed E-state index contributed by atoms with van der Waals surface area (Å²) in [6.45, 7) is -0.421. The summed E-state index contributed by atoms with van der Waals surface area (Å²) < 4.78 is 28.9. The van der Waals surface area contributed by atoms with Crippen molar-refractivity contribution in [2.24, 2.45) is 0 Å². The molecule has 2 aromatic rings. The third kappa shape index (κ3) is 3.40. The number of para-hydroxylation sites is 1. The number of non-ortho nitro benzene ring substituents is 1. The number of amides is 2. The first kappa shape index (κ1) is 17.5. The molecule has 1 heterocycles. The van der Waals surface area contributed by atoms with Gasteiger partial charge < -0.3 is 4.18 Å². The first-order chi connectivity index (χ1) is 12.3. The van der Waals surface area contributed by atoms with Gasteiger partial charge in [-0.15, -0.1) is 0 Å². The maximum absolute atomic E-state index is 12.3. The second-order valence-corrected chi connectivity index (χ2v) is 7.10. The van der Waals surface area contributed by atoms with E-state index in [1.165, 1.54) is 18.2 Å². The van der Waals surface area contributed by atoms with E-state index in [-0.39, 0.29) is 22.6 Å². The average Bonchev–Trinajstić information content (AvgIpc) is 2.84. The highest BCUT2D eigenvalue weighted by molar-refractivity contribution is 7.87. The molecule has 1 aliphatic rings. The normalized spacial score (nSPS) is 13.6. The van der Waals surface area contributed by atoms with Gasteiger partial charge in [0.05, 0.1) is 16.1 Å². The van der Waals surface area contributed by atoms with Crippen LogP contribution in [0, 0.1) is 10.1 Å². The fourth-order valence-electron chi connectivity index (χ4n) is 2.46. The lowest BCUT2D eigenvalue weighted by atomic mass is 10.1. The summed E-state index contributed by atoms with van der Waals surface area (Å²) in [5, 5.41) is 10.8. The molecule has 0 aromatic heterocycles. The molecular weight excluding hydrogens is 364 g/mol. The number of carbonyl (C=O) groups is 2. The van der Waals surface area contributed by atoms with Gasteiger partial charge >= 0.3 is 10.1 Å². The molecule has 1 aliphatic heterocycles. The predicted molar refractivity (Wildman–Crippen MR) is 89.3 cm³/mol. The summed E-state index contributed by atoms with van der Waals surface area (Å²) in [4.78, 5) is 35.4. The zero-order valence-electron chi connectivity index (χ0n) is 13.2. The summed E-state index contributed by atoms with van der Waals surface area (Å²) in [7, 11) is -4.03. The fourth-order valence-corrected chi connectivity index (χ4v) is 3.36. The summed E-state index contributed by atoms with van der Waals surface area (Å²) in [6.07, 6.45) is 0. The molecule has 10 heteroatoms. The van der Waals surface area contributed by atoms with Gasteiger partial charge in [-0.05, 0) is 18.2 Å². The lowest BCUT2D eigenvalue weighted by Crippen LogP contribution is -2.35. The third-order valence-electron chi connectivity index (χ3n) is 3.70. The Balaban J connectivity index is 1.74. The van der Waals surface area contributed by atoms with E-state index in [0.717, 1.165) is 17.0 Å². The number of nitro groups is 1. The van der Waals surface area contributed by atoms with Crippen molar-refractivity contribution in [2.75, 3.05) is 12.3 Å². The van der Waals surface area contributed by atoms with Gasteiger partial charge in [-0.2, -0.15) is 8.42 Å². The minimum atomic E-state index is -4.03. The molecule has 2 aromatic carbocycles. The van der Waals surface area contributed by atoms with Crippen LogP contribution in [0.25, 0.3) is 0 Å². The lowest BCUT2D eigenvalue weighted by molar-refractivity contribution is -0.384. The third-order valence-corrected chi connectivity index (χ3v) is 4.83. The van der Waals surface area contributed by atoms with Crippen molar-refractivity contribution in [1.82, 2.24) is 4.90 Å². The van der Waals surface area contributed by atoms with Gasteiger partial charge in [0.2, 0.25) is 0 Å². The zero-order valence-corrected chi connectivity index (χ0v) is 14.0. The van der Waals surface area contributed by atoms with Gasteiger partial charge in [0.15, 0.2) is 0 Å². The van der Waals surface area contributed by atoms with E-state index in [2.05, 4.69) is 0 Å². The standard InChI is InChI=1S/C16H12N2O7S/c19-15-13-7-6-11(18(21)22)10-14(13)16(20)17(15)8-9-26(23,24)25-12-4-2-1-3-5-12/h1-7,10H,8-9H2. The molecular formula is C16H12N2O7S. The molecule has 2 amide bonds. The molecule has 0 N–H and O–H groups in total. The molecule has 0 fully saturated rings. The zero-order chi connectivity index (χ0) is 18.9. The largest absolute Gasteiger partial charge is 0.382 e. The minimum absolute atomic E-state index is 0.00183. The number of imide groups is 1. The number of rotatable bonds is 6. The molecule has 134 valence electrons. The lowest BCUT2D eigenvalue weighted by Gasteiger charge is -2.14. The molecule has 0 radical (unpaired) electrons. The Hall–Kier alpha value is -3.27. The monoisotopic (exact) mass is 376 g/mol. The van der Waals surface area contributed by atoms with Crippen LogP contribution >= 0.6 is 0 Å². The van der Waals surface area contributed by atoms with Crippen LogP contribution in [0.1, 0.15) is 20.7 Å². The van der Waals surface area contributed by atoms with Crippen molar-refractivity contribution in [3.8, 4) is 5.75 Å². The van der Waals surface area contributed by atoms with E-state index in [9.17, 15) is 28.1 Å². The van der Waals surface area contributed by atoms with Crippen LogP contribution in [0.5, 0.6) is 5.75 Å². The highest BCUT2D eigenvalue weighted by atomic mass is 32.2. The van der Waals surface area contributed by atoms with Gasteiger partial charge in [-0.25, -0.2) is 0 Å². The van der Waals surface area contributed by atoms with Gasteiger partial charge in [0.25, 0.3) is 17.5 Å². The second-order valence-electron chi connectivity index (χ2n) is 5.41. The van der Waals surface area contributed by atoms with E-state index in [1.807, 2.05) is 0 Å². The topological polar surface area (TPSA) is 124 Å². The maximum atomic E-state index is 12.3. The van der Waals surface area contributed by atoms with Crippen molar-refractivity contribution < 1.29 is 27.1 Å². The SMILES string of the molecule is O=C1c2ccc([N+](=O)[O-])cc2C(=O)N1CCS(=O)(=O)Oc1ccccc1. The number of nitrogens with zero attached hydrogens (tertiary/aromatic N) is 2. The van der Waals surface area contributed by atoms with Gasteiger partial charge in [0.1, 0.15) is 11.5 Å². The average molecular weight is 376 g/mol. The highest BCUT2D eigenvalue weighted by Gasteiger charge is 2.37. The molecule has 3 rings (SSSR count). The van der Waals surface area contributed by atoms with Crippen molar-refractivity contribution in [1.29, 1.82) is 0 Å². The molecule has 0 unspecified atom stereocenters. The Bertz CT molecular complexity index is 1000. The van der Waals surface area contributed by atoms with Crippen LogP contribution in [-0.2, 0) is 10.1 Å². The molecule has 9 nitrogen and oxygen atoms in total. The van der Waals surface area contributed by atoms with Crippen LogP contribution in [0.4, 0.5) is 5.69 Å². The number of carbonyl (C=O) groups excluding carboxylic acids is 2. The minimum Gasteiger partial charge on any atom is -0.382 e. The summed E-state index contributed by atoms with van der Waals surface area (Å²) in [6, 6.07) is 11.1. The first-order valence-corrected chi connectivity index (χ1v) is 8.98. The van der Waals surface area contributed by atoms with Crippen molar-refractivity contribution in [3.05, 3.63) is 69.8 Å². The van der Waals surface area contributed by atoms with Crippen LogP contribution in [0.15, 0.2) is 48.5 Å². The number of fused-ring (bicyclic) bond motifs is 1. The van der Waals surface area contributed by atoms with Gasteiger partial charge in [0, 0.05) is 18.7 Å². The molecule has 26 heavy (non-hydrogen) atoms. The number of benzene rings is 2. The van der Waals surface area contributed by atoms with E-state index in [1.54, 1.807) is 18.2 Å². The quantitative estimate of drug-likeness (QED) is 0.324. The van der Waals surface area contributed by atoms with Crippen molar-refractivity contribution in [3.63, 3.8) is 0 Å². The molecule has 0 atom stereocenters. The Labute approximate surface area is 148 Å². The highest BCUT2D eigenvalue weighted by Crippen LogP contribution is 2.26. The fraction of sp³-hybridized carbons (Fsp3) is 0.125. The smallest absolute Gasteiger partial charge is 0.310 e.